The molecule has 4 heterocycles. The summed E-state index contributed by atoms with van der Waals surface area (Å²) >= 11 is 0. The van der Waals surface area contributed by atoms with E-state index in [0.717, 1.165) is 18.5 Å². The molecule has 0 saturated carbocycles. The predicted molar refractivity (Wildman–Crippen MR) is 103 cm³/mol. The fourth-order valence-electron chi connectivity index (χ4n) is 3.90. The maximum Gasteiger partial charge on any atom is 0.244 e. The minimum absolute atomic E-state index is 0.0721. The van der Waals surface area contributed by atoms with E-state index in [1.54, 1.807) is 34.1 Å². The van der Waals surface area contributed by atoms with E-state index >= 15 is 0 Å². The Labute approximate surface area is 164 Å². The number of nitrogens with zero attached hydrogens (tertiary/aromatic N) is 6. The van der Waals surface area contributed by atoms with Gasteiger partial charge in [0.25, 0.3) is 0 Å². The number of rotatable bonds is 4. The van der Waals surface area contributed by atoms with Crippen LogP contribution in [0.5, 0.6) is 0 Å². The summed E-state index contributed by atoms with van der Waals surface area (Å²) in [6.45, 7) is 2.51. The monoisotopic (exact) mass is 404 g/mol. The average Bonchev–Trinajstić information content (AvgIpc) is 3.15. The molecule has 2 fully saturated rings. The Morgan fingerprint density at radius 3 is 2.54 bits per heavy atom. The summed E-state index contributed by atoms with van der Waals surface area (Å²) in [5.74, 6) is 0.0721. The van der Waals surface area contributed by atoms with Gasteiger partial charge in [-0.3, -0.25) is 19.4 Å². The van der Waals surface area contributed by atoms with Crippen LogP contribution >= 0.6 is 0 Å². The highest BCUT2D eigenvalue weighted by Gasteiger charge is 2.37. The molecular formula is C18H24N6O3S. The maximum absolute atomic E-state index is 13.0. The number of piperazine rings is 1. The number of pyridine rings is 1. The third-order valence-electron chi connectivity index (χ3n) is 5.40. The highest BCUT2D eigenvalue weighted by molar-refractivity contribution is 7.89. The van der Waals surface area contributed by atoms with Gasteiger partial charge in [-0.2, -0.15) is 9.40 Å². The highest BCUT2D eigenvalue weighted by Crippen LogP contribution is 2.25. The van der Waals surface area contributed by atoms with Gasteiger partial charge >= 0.3 is 0 Å². The second-order valence-corrected chi connectivity index (χ2v) is 9.09. The first-order chi connectivity index (χ1) is 13.5. The lowest BCUT2D eigenvalue weighted by molar-refractivity contribution is -0.125. The van der Waals surface area contributed by atoms with Gasteiger partial charge in [0.1, 0.15) is 4.90 Å². The quantitative estimate of drug-likeness (QED) is 0.729. The molecule has 0 aromatic carbocycles. The van der Waals surface area contributed by atoms with Gasteiger partial charge in [-0.05, 0) is 25.0 Å². The number of amides is 1. The fourth-order valence-corrected chi connectivity index (χ4v) is 5.29. The number of sulfonamides is 1. The van der Waals surface area contributed by atoms with Crippen LogP contribution in [0.4, 0.5) is 5.69 Å². The number of carbonyl (C=O) groups is 1. The van der Waals surface area contributed by atoms with Crippen molar-refractivity contribution in [2.24, 2.45) is 7.05 Å². The van der Waals surface area contributed by atoms with Gasteiger partial charge in [0.15, 0.2) is 0 Å². The Morgan fingerprint density at radius 2 is 1.89 bits per heavy atom. The molecule has 4 rings (SSSR count). The van der Waals surface area contributed by atoms with Crippen molar-refractivity contribution in [1.29, 1.82) is 0 Å². The Kier molecular flexibility index (Phi) is 5.17. The van der Waals surface area contributed by atoms with E-state index in [2.05, 4.69) is 15.0 Å². The van der Waals surface area contributed by atoms with Crippen LogP contribution < -0.4 is 4.90 Å². The molecule has 2 aromatic rings. The molecule has 10 heteroatoms. The lowest BCUT2D eigenvalue weighted by atomic mass is 10.0. The smallest absolute Gasteiger partial charge is 0.244 e. The van der Waals surface area contributed by atoms with E-state index < -0.39 is 10.0 Å². The van der Waals surface area contributed by atoms with Gasteiger partial charge in [0, 0.05) is 58.4 Å². The Hall–Kier alpha value is -2.30. The molecule has 150 valence electrons. The third-order valence-corrected chi connectivity index (χ3v) is 7.28. The zero-order chi connectivity index (χ0) is 19.7. The van der Waals surface area contributed by atoms with Crippen molar-refractivity contribution in [3.8, 4) is 0 Å². The SMILES string of the molecule is Cn1cc(N2CCC[C@H](N3CCN(S(=O)(=O)c4cccnc4)CC3)C2=O)cn1. The maximum atomic E-state index is 13.0. The highest BCUT2D eigenvalue weighted by atomic mass is 32.2. The van der Waals surface area contributed by atoms with Crippen LogP contribution in [0.25, 0.3) is 0 Å². The van der Waals surface area contributed by atoms with E-state index in [4.69, 9.17) is 0 Å². The van der Waals surface area contributed by atoms with Crippen molar-refractivity contribution >= 4 is 21.6 Å². The van der Waals surface area contributed by atoms with Crippen LogP contribution in [0.3, 0.4) is 0 Å². The normalized spacial score (nSPS) is 22.5. The summed E-state index contributed by atoms with van der Waals surface area (Å²) in [7, 11) is -1.71. The molecule has 0 aliphatic carbocycles. The van der Waals surface area contributed by atoms with E-state index in [0.29, 0.717) is 32.7 Å². The van der Waals surface area contributed by atoms with Crippen LogP contribution in [0, 0.1) is 0 Å². The van der Waals surface area contributed by atoms with Crippen molar-refractivity contribution in [3.63, 3.8) is 0 Å². The van der Waals surface area contributed by atoms with Crippen LogP contribution in [0.1, 0.15) is 12.8 Å². The van der Waals surface area contributed by atoms with Gasteiger partial charge < -0.3 is 4.90 Å². The first-order valence-electron chi connectivity index (χ1n) is 9.41. The van der Waals surface area contributed by atoms with E-state index in [1.807, 2.05) is 13.2 Å². The third kappa shape index (κ3) is 3.54. The Bertz CT molecular complexity index is 937. The summed E-state index contributed by atoms with van der Waals surface area (Å²) in [5.41, 5.74) is 0.815. The van der Waals surface area contributed by atoms with Gasteiger partial charge in [-0.15, -0.1) is 0 Å². The molecule has 9 nitrogen and oxygen atoms in total. The second-order valence-electron chi connectivity index (χ2n) is 7.15. The lowest BCUT2D eigenvalue weighted by Gasteiger charge is -2.41. The van der Waals surface area contributed by atoms with Gasteiger partial charge in [0.05, 0.1) is 17.9 Å². The standard InChI is InChI=1S/C18H24N6O3S/c1-21-14-15(12-20-21)24-7-3-5-17(18(24)25)22-8-10-23(11-9-22)28(26,27)16-4-2-6-19-13-16/h2,4,6,12-14,17H,3,5,7-11H2,1H3/t17-/m0/s1. The van der Waals surface area contributed by atoms with Crippen LogP contribution in [0.2, 0.25) is 0 Å². The summed E-state index contributed by atoms with van der Waals surface area (Å²) in [4.78, 5) is 21.1. The molecule has 2 aliphatic rings. The Balaban J connectivity index is 1.43. The zero-order valence-electron chi connectivity index (χ0n) is 15.8. The fraction of sp³-hybridized carbons (Fsp3) is 0.500. The first-order valence-corrected chi connectivity index (χ1v) is 10.8. The number of piperidine rings is 1. The average molecular weight is 404 g/mol. The second kappa shape index (κ2) is 7.61. The van der Waals surface area contributed by atoms with Crippen molar-refractivity contribution in [3.05, 3.63) is 36.9 Å². The summed E-state index contributed by atoms with van der Waals surface area (Å²) < 4.78 is 28.7. The van der Waals surface area contributed by atoms with Crippen LogP contribution in [0.15, 0.2) is 41.8 Å². The lowest BCUT2D eigenvalue weighted by Crippen LogP contribution is -2.58. The minimum Gasteiger partial charge on any atom is -0.308 e. The molecule has 2 saturated heterocycles. The minimum atomic E-state index is -3.54. The molecule has 28 heavy (non-hydrogen) atoms. The van der Waals surface area contributed by atoms with Gasteiger partial charge in [0.2, 0.25) is 15.9 Å². The van der Waals surface area contributed by atoms with E-state index in [-0.39, 0.29) is 16.8 Å². The largest absolute Gasteiger partial charge is 0.308 e. The number of aryl methyl sites for hydroxylation is 1. The Morgan fingerprint density at radius 1 is 1.11 bits per heavy atom. The van der Waals surface area contributed by atoms with E-state index in [9.17, 15) is 13.2 Å². The molecule has 1 atom stereocenters. The molecule has 0 radical (unpaired) electrons. The molecule has 0 bridgehead atoms. The molecule has 0 spiro atoms. The summed E-state index contributed by atoms with van der Waals surface area (Å²) in [5, 5.41) is 4.16. The van der Waals surface area contributed by atoms with Gasteiger partial charge in [-0.1, -0.05) is 0 Å². The summed E-state index contributed by atoms with van der Waals surface area (Å²) in [6, 6.07) is 2.97. The molecule has 1 amide bonds. The molecule has 2 aromatic heterocycles. The van der Waals surface area contributed by atoms with Crippen molar-refractivity contribution in [2.75, 3.05) is 37.6 Å². The van der Waals surface area contributed by atoms with Gasteiger partial charge in [-0.25, -0.2) is 8.42 Å². The molecule has 0 unspecified atom stereocenters. The number of hydrogen-bond donors (Lipinski definition) is 0. The van der Waals surface area contributed by atoms with Crippen LogP contribution in [-0.2, 0) is 21.9 Å². The van der Waals surface area contributed by atoms with Crippen molar-refractivity contribution in [1.82, 2.24) is 24.0 Å². The number of hydrogen-bond acceptors (Lipinski definition) is 6. The van der Waals surface area contributed by atoms with Crippen molar-refractivity contribution < 1.29 is 13.2 Å². The van der Waals surface area contributed by atoms with Crippen molar-refractivity contribution in [2.45, 2.75) is 23.8 Å². The number of carbonyl (C=O) groups excluding carboxylic acids is 1. The predicted octanol–water partition coefficient (Wildman–Crippen LogP) is 0.317. The zero-order valence-corrected chi connectivity index (χ0v) is 16.6. The molecule has 0 N–H and O–H groups in total. The van der Waals surface area contributed by atoms with Crippen LogP contribution in [-0.4, -0.2) is 77.1 Å². The summed E-state index contributed by atoms with van der Waals surface area (Å²) in [6.07, 6.45) is 8.19. The molecular weight excluding hydrogens is 380 g/mol. The number of anilines is 1. The first kappa shape index (κ1) is 19.0. The molecule has 2 aliphatic heterocycles. The van der Waals surface area contributed by atoms with E-state index in [1.165, 1.54) is 10.5 Å². The number of aromatic nitrogens is 3. The topological polar surface area (TPSA) is 91.6 Å².